The largest absolute Gasteiger partial charge is 0.760 e. The van der Waals surface area contributed by atoms with Crippen LogP contribution in [0.3, 0.4) is 0 Å². The molecule has 0 radical (unpaired) electrons. The molecule has 8 nitrogen and oxygen atoms in total. The number of hydrogen-bond donors (Lipinski definition) is 1. The number of nitrogens with one attached hydrogen (secondary N) is 1. The molecular formula is C18H19N4O4S-. The highest BCUT2D eigenvalue weighted by atomic mass is 32.2. The molecule has 2 aromatic rings. The SMILES string of the molecule is COc1cc2ncnc(N3C=CC=C(CCNS(=O)[O-])C=C3)c2cc1OC. The maximum Gasteiger partial charge on any atom is 0.162 e. The van der Waals surface area contributed by atoms with Gasteiger partial charge in [0, 0.05) is 41.7 Å². The van der Waals surface area contributed by atoms with Crippen LogP contribution in [0.1, 0.15) is 6.42 Å². The lowest BCUT2D eigenvalue weighted by molar-refractivity contribution is 0.356. The topological polar surface area (TPSA) is 99.6 Å². The third-order valence-electron chi connectivity index (χ3n) is 4.00. The second kappa shape index (κ2) is 8.76. The van der Waals surface area contributed by atoms with Crippen molar-refractivity contribution in [3.8, 4) is 11.5 Å². The Bertz CT molecular complexity index is 942. The van der Waals surface area contributed by atoms with Crippen molar-refractivity contribution >= 4 is 28.0 Å². The van der Waals surface area contributed by atoms with Crippen molar-refractivity contribution < 1.29 is 18.2 Å². The third kappa shape index (κ3) is 4.51. The van der Waals surface area contributed by atoms with Gasteiger partial charge in [0.2, 0.25) is 0 Å². The Morgan fingerprint density at radius 2 is 1.96 bits per heavy atom. The summed E-state index contributed by atoms with van der Waals surface area (Å²) in [7, 11) is 3.16. The van der Waals surface area contributed by atoms with Gasteiger partial charge in [-0.15, -0.1) is 0 Å². The van der Waals surface area contributed by atoms with Gasteiger partial charge in [0.25, 0.3) is 0 Å². The Morgan fingerprint density at radius 3 is 2.70 bits per heavy atom. The fourth-order valence-corrected chi connectivity index (χ4v) is 2.97. The summed E-state index contributed by atoms with van der Waals surface area (Å²) < 4.78 is 34.2. The van der Waals surface area contributed by atoms with Crippen molar-refractivity contribution in [2.24, 2.45) is 0 Å². The normalized spacial score (nSPS) is 14.8. The van der Waals surface area contributed by atoms with E-state index in [-0.39, 0.29) is 0 Å². The van der Waals surface area contributed by atoms with Gasteiger partial charge in [-0.1, -0.05) is 6.08 Å². The van der Waals surface area contributed by atoms with Crippen LogP contribution in [0.25, 0.3) is 10.9 Å². The number of fused-ring (bicyclic) bond motifs is 1. The van der Waals surface area contributed by atoms with Crippen LogP contribution in [-0.2, 0) is 11.3 Å². The van der Waals surface area contributed by atoms with Crippen LogP contribution in [0.2, 0.25) is 0 Å². The summed E-state index contributed by atoms with van der Waals surface area (Å²) in [6, 6.07) is 3.65. The fraction of sp³-hybridized carbons (Fsp3) is 0.222. The first-order valence-electron chi connectivity index (χ1n) is 8.15. The molecule has 27 heavy (non-hydrogen) atoms. The molecule has 1 atom stereocenters. The summed E-state index contributed by atoms with van der Waals surface area (Å²) in [5.74, 6) is 1.89. The quantitative estimate of drug-likeness (QED) is 0.727. The molecule has 1 aliphatic rings. The van der Waals surface area contributed by atoms with Crippen LogP contribution in [-0.4, -0.2) is 39.5 Å². The molecule has 2 heterocycles. The van der Waals surface area contributed by atoms with E-state index in [9.17, 15) is 8.76 Å². The molecule has 0 aliphatic carbocycles. The molecule has 0 saturated heterocycles. The zero-order valence-corrected chi connectivity index (χ0v) is 15.7. The number of aromatic nitrogens is 2. The summed E-state index contributed by atoms with van der Waals surface area (Å²) in [4.78, 5) is 10.6. The molecular weight excluding hydrogens is 368 g/mol. The number of hydrogen-bond acceptors (Lipinski definition) is 7. The number of nitrogens with zero attached hydrogens (tertiary/aromatic N) is 3. The Balaban J connectivity index is 1.88. The van der Waals surface area contributed by atoms with Crippen LogP contribution in [0.4, 0.5) is 5.82 Å². The molecule has 1 N–H and O–H groups in total. The lowest BCUT2D eigenvalue weighted by Gasteiger charge is -2.17. The van der Waals surface area contributed by atoms with Gasteiger partial charge in [-0.2, -0.15) is 0 Å². The first-order valence-corrected chi connectivity index (χ1v) is 9.23. The van der Waals surface area contributed by atoms with Gasteiger partial charge in [-0.05, 0) is 30.2 Å². The predicted molar refractivity (Wildman–Crippen MR) is 103 cm³/mol. The predicted octanol–water partition coefficient (Wildman–Crippen LogP) is 2.19. The summed E-state index contributed by atoms with van der Waals surface area (Å²) >= 11 is -2.25. The highest BCUT2D eigenvalue weighted by Gasteiger charge is 2.14. The standard InChI is InChI=1S/C18H20N4O4S/c1-25-16-10-14-15(11-17(16)26-2)19-12-20-18(14)22-8-3-4-13(6-9-22)5-7-21-27(23)24/h3-4,6,8-12,21H,5,7H2,1-2H3,(H,23,24)/p-1. The molecule has 0 fully saturated rings. The number of rotatable bonds is 7. The van der Waals surface area contributed by atoms with E-state index in [0.717, 1.165) is 16.5 Å². The molecule has 1 unspecified atom stereocenters. The molecule has 142 valence electrons. The summed E-state index contributed by atoms with van der Waals surface area (Å²) in [5.41, 5.74) is 1.73. The molecule has 9 heteroatoms. The Morgan fingerprint density at radius 1 is 1.19 bits per heavy atom. The van der Waals surface area contributed by atoms with E-state index >= 15 is 0 Å². The van der Waals surface area contributed by atoms with E-state index in [4.69, 9.17) is 9.47 Å². The van der Waals surface area contributed by atoms with Crippen LogP contribution in [0.15, 0.2) is 54.7 Å². The minimum Gasteiger partial charge on any atom is -0.760 e. The van der Waals surface area contributed by atoms with Gasteiger partial charge >= 0.3 is 0 Å². The van der Waals surface area contributed by atoms with Gasteiger partial charge in [0.05, 0.1) is 19.7 Å². The van der Waals surface area contributed by atoms with Gasteiger partial charge < -0.3 is 18.9 Å². The second-order valence-corrected chi connectivity index (χ2v) is 6.36. The second-order valence-electron chi connectivity index (χ2n) is 5.61. The highest BCUT2D eigenvalue weighted by molar-refractivity contribution is 7.77. The molecule has 1 aliphatic heterocycles. The Kier molecular flexibility index (Phi) is 6.17. The molecule has 0 spiro atoms. The van der Waals surface area contributed by atoms with E-state index in [0.29, 0.717) is 30.3 Å². The van der Waals surface area contributed by atoms with Crippen LogP contribution >= 0.6 is 0 Å². The first kappa shape index (κ1) is 19.0. The molecule has 1 aromatic heterocycles. The van der Waals surface area contributed by atoms with Crippen LogP contribution in [0.5, 0.6) is 11.5 Å². The fourth-order valence-electron chi connectivity index (χ4n) is 2.70. The maximum atomic E-state index is 10.6. The lowest BCUT2D eigenvalue weighted by atomic mass is 10.2. The third-order valence-corrected chi connectivity index (χ3v) is 4.44. The zero-order valence-electron chi connectivity index (χ0n) is 14.9. The van der Waals surface area contributed by atoms with Gasteiger partial charge in [-0.3, -0.25) is 4.21 Å². The number of ether oxygens (including phenoxy) is 2. The van der Waals surface area contributed by atoms with Crippen LogP contribution < -0.4 is 19.1 Å². The van der Waals surface area contributed by atoms with Crippen molar-refractivity contribution in [3.63, 3.8) is 0 Å². The number of benzene rings is 1. The van der Waals surface area contributed by atoms with Crippen molar-refractivity contribution in [2.75, 3.05) is 25.7 Å². The zero-order chi connectivity index (χ0) is 19.2. The summed E-state index contributed by atoms with van der Waals surface area (Å²) in [5, 5.41) is 0.816. The average molecular weight is 387 g/mol. The maximum absolute atomic E-state index is 10.6. The summed E-state index contributed by atoms with van der Waals surface area (Å²) in [6.45, 7) is 0.341. The minimum absolute atomic E-state index is 0.341. The number of methoxy groups -OCH3 is 2. The highest BCUT2D eigenvalue weighted by Crippen LogP contribution is 2.35. The summed E-state index contributed by atoms with van der Waals surface area (Å²) in [6.07, 6.45) is 11.6. The van der Waals surface area contributed by atoms with E-state index in [1.807, 2.05) is 47.7 Å². The van der Waals surface area contributed by atoms with Crippen molar-refractivity contribution in [1.82, 2.24) is 14.7 Å². The molecule has 0 amide bonds. The average Bonchev–Trinajstić information content (AvgIpc) is 2.91. The van der Waals surface area contributed by atoms with Gasteiger partial charge in [0.15, 0.2) is 11.5 Å². The van der Waals surface area contributed by atoms with Crippen molar-refractivity contribution in [2.45, 2.75) is 6.42 Å². The number of anilines is 1. The van der Waals surface area contributed by atoms with Crippen LogP contribution in [0, 0.1) is 0 Å². The van der Waals surface area contributed by atoms with E-state index in [1.54, 1.807) is 14.2 Å². The Labute approximate surface area is 159 Å². The van der Waals surface area contributed by atoms with Crippen molar-refractivity contribution in [3.05, 3.63) is 54.7 Å². The smallest absolute Gasteiger partial charge is 0.162 e. The van der Waals surface area contributed by atoms with E-state index < -0.39 is 11.3 Å². The monoisotopic (exact) mass is 387 g/mol. The molecule has 0 saturated carbocycles. The van der Waals surface area contributed by atoms with E-state index in [1.165, 1.54) is 6.33 Å². The van der Waals surface area contributed by atoms with E-state index in [2.05, 4.69) is 14.7 Å². The lowest BCUT2D eigenvalue weighted by Crippen LogP contribution is -2.17. The first-order chi connectivity index (χ1) is 13.1. The molecule has 1 aromatic carbocycles. The number of allylic oxidation sites excluding steroid dienone is 3. The molecule has 0 bridgehead atoms. The minimum atomic E-state index is -2.25. The van der Waals surface area contributed by atoms with Gasteiger partial charge in [-0.25, -0.2) is 14.7 Å². The Hall–Kier alpha value is -2.75. The molecule has 3 rings (SSSR count). The van der Waals surface area contributed by atoms with Gasteiger partial charge in [0.1, 0.15) is 12.1 Å². The van der Waals surface area contributed by atoms with Crippen molar-refractivity contribution in [1.29, 1.82) is 0 Å².